The maximum absolute atomic E-state index is 3.61. The van der Waals surface area contributed by atoms with Crippen LogP contribution in [0.15, 0.2) is 24.3 Å². The van der Waals surface area contributed by atoms with E-state index in [1.165, 1.54) is 24.0 Å². The second-order valence-electron chi connectivity index (χ2n) is 5.96. The lowest BCUT2D eigenvalue weighted by molar-refractivity contribution is 0.317. The van der Waals surface area contributed by atoms with Gasteiger partial charge in [-0.2, -0.15) is 0 Å². The first-order valence-corrected chi connectivity index (χ1v) is 6.92. The Morgan fingerprint density at radius 3 is 2.00 bits per heavy atom. The molecule has 0 bridgehead atoms. The van der Waals surface area contributed by atoms with Crippen LogP contribution >= 0.6 is 0 Å². The standard InChI is InChI=1S/C16H25N/c1-11(2)14-5-7-15(8-6-14)16-9-12(3)17-13(4)10-16/h5-8,11-13,16-17H,9-10H2,1-4H3. The third kappa shape index (κ3) is 3.10. The molecule has 1 aliphatic heterocycles. The Balaban J connectivity index is 2.11. The molecule has 1 aromatic rings. The molecule has 1 aliphatic rings. The Labute approximate surface area is 106 Å². The van der Waals surface area contributed by atoms with Gasteiger partial charge in [0.05, 0.1) is 0 Å². The molecule has 1 saturated heterocycles. The van der Waals surface area contributed by atoms with Gasteiger partial charge in [0, 0.05) is 12.1 Å². The molecule has 94 valence electrons. The van der Waals surface area contributed by atoms with E-state index in [2.05, 4.69) is 57.3 Å². The van der Waals surface area contributed by atoms with Crippen LogP contribution in [-0.4, -0.2) is 12.1 Å². The minimum atomic E-state index is 0.634. The van der Waals surface area contributed by atoms with Gasteiger partial charge in [-0.05, 0) is 49.7 Å². The van der Waals surface area contributed by atoms with Crippen LogP contribution < -0.4 is 5.32 Å². The van der Waals surface area contributed by atoms with Crippen molar-refractivity contribution in [3.8, 4) is 0 Å². The molecule has 0 aromatic heterocycles. The van der Waals surface area contributed by atoms with Crippen molar-refractivity contribution in [2.24, 2.45) is 0 Å². The van der Waals surface area contributed by atoms with Gasteiger partial charge in [0.2, 0.25) is 0 Å². The van der Waals surface area contributed by atoms with E-state index in [0.717, 1.165) is 5.92 Å². The van der Waals surface area contributed by atoms with Crippen LogP contribution in [0.5, 0.6) is 0 Å². The first-order chi connectivity index (χ1) is 8.06. The molecule has 17 heavy (non-hydrogen) atoms. The Morgan fingerprint density at radius 2 is 1.53 bits per heavy atom. The number of rotatable bonds is 2. The van der Waals surface area contributed by atoms with E-state index in [9.17, 15) is 0 Å². The van der Waals surface area contributed by atoms with Gasteiger partial charge in [0.25, 0.3) is 0 Å². The highest BCUT2D eigenvalue weighted by atomic mass is 14.9. The predicted molar refractivity (Wildman–Crippen MR) is 74.6 cm³/mol. The van der Waals surface area contributed by atoms with Crippen molar-refractivity contribution in [3.63, 3.8) is 0 Å². The summed E-state index contributed by atoms with van der Waals surface area (Å²) < 4.78 is 0. The Kier molecular flexibility index (Phi) is 3.88. The summed E-state index contributed by atoms with van der Waals surface area (Å²) in [6, 6.07) is 10.6. The van der Waals surface area contributed by atoms with E-state index in [0.29, 0.717) is 18.0 Å². The molecule has 0 amide bonds. The molecule has 1 aromatic carbocycles. The molecule has 1 heteroatoms. The highest BCUT2D eigenvalue weighted by Crippen LogP contribution is 2.30. The number of nitrogens with one attached hydrogen (secondary N) is 1. The largest absolute Gasteiger partial charge is 0.312 e. The summed E-state index contributed by atoms with van der Waals surface area (Å²) in [6.45, 7) is 9.10. The van der Waals surface area contributed by atoms with Gasteiger partial charge in [0.1, 0.15) is 0 Å². The molecule has 1 nitrogen and oxygen atoms in total. The summed E-state index contributed by atoms with van der Waals surface area (Å²) in [4.78, 5) is 0. The van der Waals surface area contributed by atoms with Crippen LogP contribution in [-0.2, 0) is 0 Å². The molecule has 1 N–H and O–H groups in total. The lowest BCUT2D eigenvalue weighted by Crippen LogP contribution is -2.41. The van der Waals surface area contributed by atoms with Gasteiger partial charge in [-0.1, -0.05) is 38.1 Å². The van der Waals surface area contributed by atoms with Gasteiger partial charge in [-0.3, -0.25) is 0 Å². The van der Waals surface area contributed by atoms with Gasteiger partial charge >= 0.3 is 0 Å². The SMILES string of the molecule is CC1CC(c2ccc(C(C)C)cc2)CC(C)N1. The van der Waals surface area contributed by atoms with Crippen LogP contribution in [0.3, 0.4) is 0 Å². The summed E-state index contributed by atoms with van der Waals surface area (Å²) >= 11 is 0. The van der Waals surface area contributed by atoms with Gasteiger partial charge < -0.3 is 5.32 Å². The van der Waals surface area contributed by atoms with Crippen molar-refractivity contribution in [1.82, 2.24) is 5.32 Å². The number of piperidine rings is 1. The monoisotopic (exact) mass is 231 g/mol. The van der Waals surface area contributed by atoms with E-state index in [4.69, 9.17) is 0 Å². The van der Waals surface area contributed by atoms with E-state index in [-0.39, 0.29) is 0 Å². The minimum Gasteiger partial charge on any atom is -0.312 e. The first-order valence-electron chi connectivity index (χ1n) is 6.92. The van der Waals surface area contributed by atoms with Crippen LogP contribution in [0.4, 0.5) is 0 Å². The number of hydrogen-bond acceptors (Lipinski definition) is 1. The lowest BCUT2D eigenvalue weighted by atomic mass is 9.83. The summed E-state index contributed by atoms with van der Waals surface area (Å²) in [5, 5.41) is 3.61. The third-order valence-electron chi connectivity index (χ3n) is 3.92. The zero-order valence-corrected chi connectivity index (χ0v) is 11.5. The second-order valence-corrected chi connectivity index (χ2v) is 5.96. The van der Waals surface area contributed by atoms with E-state index >= 15 is 0 Å². The van der Waals surface area contributed by atoms with Gasteiger partial charge in [-0.25, -0.2) is 0 Å². The minimum absolute atomic E-state index is 0.634. The van der Waals surface area contributed by atoms with Crippen molar-refractivity contribution in [2.45, 2.75) is 64.5 Å². The second kappa shape index (κ2) is 5.22. The van der Waals surface area contributed by atoms with Crippen LogP contribution in [0.2, 0.25) is 0 Å². The Hall–Kier alpha value is -0.820. The van der Waals surface area contributed by atoms with Gasteiger partial charge in [0.15, 0.2) is 0 Å². The highest BCUT2D eigenvalue weighted by Gasteiger charge is 2.24. The molecule has 2 rings (SSSR count). The maximum Gasteiger partial charge on any atom is 0.00470 e. The summed E-state index contributed by atoms with van der Waals surface area (Å²) in [7, 11) is 0. The average Bonchev–Trinajstić information content (AvgIpc) is 2.28. The zero-order valence-electron chi connectivity index (χ0n) is 11.5. The Bertz CT molecular complexity index is 342. The first kappa shape index (κ1) is 12.6. The normalized spacial score (nSPS) is 29.6. The van der Waals surface area contributed by atoms with Crippen LogP contribution in [0.25, 0.3) is 0 Å². The molecular formula is C16H25N. The maximum atomic E-state index is 3.61. The molecular weight excluding hydrogens is 206 g/mol. The third-order valence-corrected chi connectivity index (χ3v) is 3.92. The highest BCUT2D eigenvalue weighted by molar-refractivity contribution is 5.27. The quantitative estimate of drug-likeness (QED) is 0.809. The van der Waals surface area contributed by atoms with Crippen LogP contribution in [0, 0.1) is 0 Å². The fourth-order valence-corrected chi connectivity index (χ4v) is 3.00. The topological polar surface area (TPSA) is 12.0 Å². The van der Waals surface area contributed by atoms with Crippen molar-refractivity contribution in [2.75, 3.05) is 0 Å². The molecule has 0 spiro atoms. The van der Waals surface area contributed by atoms with Crippen molar-refractivity contribution in [3.05, 3.63) is 35.4 Å². The molecule has 1 heterocycles. The fraction of sp³-hybridized carbons (Fsp3) is 0.625. The molecule has 0 saturated carbocycles. The zero-order chi connectivity index (χ0) is 12.4. The summed E-state index contributed by atoms with van der Waals surface area (Å²) in [5.41, 5.74) is 2.97. The van der Waals surface area contributed by atoms with Crippen molar-refractivity contribution >= 4 is 0 Å². The molecule has 0 aliphatic carbocycles. The van der Waals surface area contributed by atoms with Crippen molar-refractivity contribution in [1.29, 1.82) is 0 Å². The summed E-state index contributed by atoms with van der Waals surface area (Å²) in [5.74, 6) is 1.37. The number of hydrogen-bond donors (Lipinski definition) is 1. The van der Waals surface area contributed by atoms with E-state index in [1.54, 1.807) is 0 Å². The number of benzene rings is 1. The average molecular weight is 231 g/mol. The lowest BCUT2D eigenvalue weighted by Gasteiger charge is -2.33. The van der Waals surface area contributed by atoms with E-state index in [1.807, 2.05) is 0 Å². The molecule has 2 unspecified atom stereocenters. The van der Waals surface area contributed by atoms with Crippen molar-refractivity contribution < 1.29 is 0 Å². The van der Waals surface area contributed by atoms with Gasteiger partial charge in [-0.15, -0.1) is 0 Å². The molecule has 1 fully saturated rings. The smallest absolute Gasteiger partial charge is 0.00470 e. The Morgan fingerprint density at radius 1 is 1.00 bits per heavy atom. The van der Waals surface area contributed by atoms with Crippen LogP contribution in [0.1, 0.15) is 63.5 Å². The predicted octanol–water partition coefficient (Wildman–Crippen LogP) is 4.05. The van der Waals surface area contributed by atoms with E-state index < -0.39 is 0 Å². The molecule has 0 radical (unpaired) electrons. The fourth-order valence-electron chi connectivity index (χ4n) is 3.00. The summed E-state index contributed by atoms with van der Waals surface area (Å²) in [6.07, 6.45) is 2.54. The molecule has 2 atom stereocenters.